The summed E-state index contributed by atoms with van der Waals surface area (Å²) in [5, 5.41) is 2.23. The second kappa shape index (κ2) is 7.00. The summed E-state index contributed by atoms with van der Waals surface area (Å²) in [4.78, 5) is 0.853. The van der Waals surface area contributed by atoms with Gasteiger partial charge in [-0.3, -0.25) is 0 Å². The summed E-state index contributed by atoms with van der Waals surface area (Å²) in [7, 11) is -1.19. The molecule has 0 aliphatic rings. The van der Waals surface area contributed by atoms with Crippen molar-refractivity contribution in [3.8, 4) is 0 Å². The van der Waals surface area contributed by atoms with Crippen molar-refractivity contribution < 1.29 is 4.21 Å². The molecule has 0 heterocycles. The standard InChI is InChI=1S/C15H19NOS.C2H6/c1-11-9-10-14(18(17)16-15(2,3)4)13-8-6-5-7-12(11)13;1-2/h5-10,16H,1-4H3;1-2H3. The van der Waals surface area contributed by atoms with Crippen LogP contribution in [-0.2, 0) is 11.0 Å². The van der Waals surface area contributed by atoms with Crippen LogP contribution in [-0.4, -0.2) is 9.75 Å². The summed E-state index contributed by atoms with van der Waals surface area (Å²) >= 11 is 0. The van der Waals surface area contributed by atoms with E-state index >= 15 is 0 Å². The molecular formula is C17H25NOS. The topological polar surface area (TPSA) is 29.1 Å². The van der Waals surface area contributed by atoms with Gasteiger partial charge >= 0.3 is 0 Å². The Hall–Kier alpha value is -1.19. The van der Waals surface area contributed by atoms with Crippen molar-refractivity contribution in [2.24, 2.45) is 0 Å². The molecule has 1 N–H and O–H groups in total. The Bertz CT molecular complexity index is 599. The van der Waals surface area contributed by atoms with E-state index in [-0.39, 0.29) is 5.54 Å². The Labute approximate surface area is 125 Å². The van der Waals surface area contributed by atoms with Crippen molar-refractivity contribution in [3.63, 3.8) is 0 Å². The van der Waals surface area contributed by atoms with E-state index in [4.69, 9.17) is 0 Å². The summed E-state index contributed by atoms with van der Waals surface area (Å²) < 4.78 is 15.5. The average Bonchev–Trinajstić information content (AvgIpc) is 2.39. The van der Waals surface area contributed by atoms with E-state index in [1.54, 1.807) is 0 Å². The highest BCUT2D eigenvalue weighted by atomic mass is 32.2. The summed E-state index contributed by atoms with van der Waals surface area (Å²) in [6.45, 7) is 12.1. The summed E-state index contributed by atoms with van der Waals surface area (Å²) in [5.74, 6) is 0. The van der Waals surface area contributed by atoms with E-state index in [0.717, 1.165) is 10.3 Å². The molecule has 0 spiro atoms. The lowest BCUT2D eigenvalue weighted by Gasteiger charge is -2.20. The molecule has 0 bridgehead atoms. The fourth-order valence-electron chi connectivity index (χ4n) is 1.92. The molecule has 1 atom stereocenters. The smallest absolute Gasteiger partial charge is 0.126 e. The molecule has 0 aromatic heterocycles. The van der Waals surface area contributed by atoms with Crippen molar-refractivity contribution in [2.45, 2.75) is 52.0 Å². The normalized spacial score (nSPS) is 12.7. The van der Waals surface area contributed by atoms with Crippen LogP contribution in [0.25, 0.3) is 10.8 Å². The van der Waals surface area contributed by atoms with Crippen LogP contribution >= 0.6 is 0 Å². The van der Waals surface area contributed by atoms with Crippen molar-refractivity contribution in [3.05, 3.63) is 42.0 Å². The van der Waals surface area contributed by atoms with Gasteiger partial charge in [-0.2, -0.15) is 0 Å². The van der Waals surface area contributed by atoms with Gasteiger partial charge in [0.15, 0.2) is 0 Å². The molecule has 2 rings (SSSR count). The summed E-state index contributed by atoms with van der Waals surface area (Å²) in [6, 6.07) is 12.1. The first-order chi connectivity index (χ1) is 9.38. The van der Waals surface area contributed by atoms with Crippen LogP contribution in [0.3, 0.4) is 0 Å². The number of hydrogen-bond donors (Lipinski definition) is 1. The molecule has 0 aliphatic carbocycles. The lowest BCUT2D eigenvalue weighted by Crippen LogP contribution is -2.37. The zero-order valence-electron chi connectivity index (χ0n) is 13.3. The Balaban J connectivity index is 0.000000956. The molecule has 2 aromatic rings. The minimum absolute atomic E-state index is 0.170. The Morgan fingerprint density at radius 3 is 2.05 bits per heavy atom. The molecule has 1 unspecified atom stereocenters. The molecule has 2 nitrogen and oxygen atoms in total. The maximum atomic E-state index is 12.4. The van der Waals surface area contributed by atoms with E-state index in [9.17, 15) is 4.21 Å². The second-order valence-electron chi connectivity index (χ2n) is 5.55. The van der Waals surface area contributed by atoms with Crippen molar-refractivity contribution >= 4 is 21.8 Å². The fourth-order valence-corrected chi connectivity index (χ4v) is 3.15. The van der Waals surface area contributed by atoms with Crippen molar-refractivity contribution in [2.75, 3.05) is 0 Å². The van der Waals surface area contributed by atoms with Gasteiger partial charge in [0.2, 0.25) is 0 Å². The lowest BCUT2D eigenvalue weighted by atomic mass is 10.1. The van der Waals surface area contributed by atoms with Crippen molar-refractivity contribution in [1.29, 1.82) is 0 Å². The molecule has 0 saturated heterocycles. The van der Waals surface area contributed by atoms with Gasteiger partial charge in [0, 0.05) is 5.54 Å². The molecular weight excluding hydrogens is 266 g/mol. The van der Waals surface area contributed by atoms with Gasteiger partial charge in [0.05, 0.1) is 4.90 Å². The third kappa shape index (κ3) is 4.15. The number of fused-ring (bicyclic) bond motifs is 1. The van der Waals surface area contributed by atoms with Crippen LogP contribution in [0.2, 0.25) is 0 Å². The Kier molecular flexibility index (Phi) is 5.90. The van der Waals surface area contributed by atoms with Gasteiger partial charge < -0.3 is 0 Å². The highest BCUT2D eigenvalue weighted by Gasteiger charge is 2.16. The lowest BCUT2D eigenvalue weighted by molar-refractivity contribution is 0.520. The van der Waals surface area contributed by atoms with Gasteiger partial charge in [-0.05, 0) is 50.1 Å². The van der Waals surface area contributed by atoms with Gasteiger partial charge in [-0.15, -0.1) is 0 Å². The maximum absolute atomic E-state index is 12.4. The first-order valence-electron chi connectivity index (χ1n) is 7.06. The quantitative estimate of drug-likeness (QED) is 0.861. The van der Waals surface area contributed by atoms with E-state index < -0.39 is 11.0 Å². The Morgan fingerprint density at radius 1 is 0.950 bits per heavy atom. The first-order valence-corrected chi connectivity index (χ1v) is 8.21. The van der Waals surface area contributed by atoms with Crippen LogP contribution < -0.4 is 4.72 Å². The molecule has 2 aromatic carbocycles. The number of hydrogen-bond acceptors (Lipinski definition) is 1. The number of nitrogens with one attached hydrogen (secondary N) is 1. The van der Waals surface area contributed by atoms with Crippen LogP contribution in [0, 0.1) is 6.92 Å². The third-order valence-corrected chi connectivity index (χ3v) is 4.25. The molecule has 0 aliphatic heterocycles. The van der Waals surface area contributed by atoms with Crippen LogP contribution in [0.4, 0.5) is 0 Å². The number of benzene rings is 2. The zero-order valence-corrected chi connectivity index (χ0v) is 14.1. The fraction of sp³-hybridized carbons (Fsp3) is 0.412. The summed E-state index contributed by atoms with van der Waals surface area (Å²) in [5.41, 5.74) is 1.04. The molecule has 0 radical (unpaired) electrons. The van der Waals surface area contributed by atoms with E-state index in [1.165, 1.54) is 10.9 Å². The molecule has 20 heavy (non-hydrogen) atoms. The van der Waals surface area contributed by atoms with E-state index in [0.29, 0.717) is 0 Å². The average molecular weight is 291 g/mol. The third-order valence-electron chi connectivity index (χ3n) is 2.70. The predicted octanol–water partition coefficient (Wildman–Crippen LogP) is 4.59. The monoisotopic (exact) mass is 291 g/mol. The van der Waals surface area contributed by atoms with E-state index in [1.807, 2.05) is 65.0 Å². The SMILES string of the molecule is CC.Cc1ccc(S(=O)NC(C)(C)C)c2ccccc12. The predicted molar refractivity (Wildman–Crippen MR) is 89.3 cm³/mol. The van der Waals surface area contributed by atoms with Gasteiger partial charge in [-0.1, -0.05) is 44.2 Å². The van der Waals surface area contributed by atoms with Crippen molar-refractivity contribution in [1.82, 2.24) is 4.72 Å². The van der Waals surface area contributed by atoms with Gasteiger partial charge in [-0.25, -0.2) is 8.93 Å². The van der Waals surface area contributed by atoms with Crippen LogP contribution in [0.15, 0.2) is 41.3 Å². The zero-order chi connectivity index (χ0) is 15.3. The summed E-state index contributed by atoms with van der Waals surface area (Å²) in [6.07, 6.45) is 0. The molecule has 110 valence electrons. The van der Waals surface area contributed by atoms with Gasteiger partial charge in [0.1, 0.15) is 11.0 Å². The first kappa shape index (κ1) is 16.9. The number of rotatable bonds is 2. The Morgan fingerprint density at radius 2 is 1.50 bits per heavy atom. The number of aryl methyl sites for hydroxylation is 1. The molecule has 0 saturated carbocycles. The molecule has 0 fully saturated rings. The highest BCUT2D eigenvalue weighted by molar-refractivity contribution is 7.83. The molecule has 0 amide bonds. The van der Waals surface area contributed by atoms with Crippen LogP contribution in [0.1, 0.15) is 40.2 Å². The largest absolute Gasteiger partial charge is 0.237 e. The van der Waals surface area contributed by atoms with Gasteiger partial charge in [0.25, 0.3) is 0 Å². The van der Waals surface area contributed by atoms with Crippen LogP contribution in [0.5, 0.6) is 0 Å². The maximum Gasteiger partial charge on any atom is 0.126 e. The molecule has 3 heteroatoms. The van der Waals surface area contributed by atoms with E-state index in [2.05, 4.69) is 17.7 Å². The minimum atomic E-state index is -1.19. The second-order valence-corrected chi connectivity index (χ2v) is 6.73. The minimum Gasteiger partial charge on any atom is -0.237 e. The highest BCUT2D eigenvalue weighted by Crippen LogP contribution is 2.24.